The van der Waals surface area contributed by atoms with Crippen molar-refractivity contribution in [2.24, 2.45) is 11.7 Å². The van der Waals surface area contributed by atoms with Gasteiger partial charge in [0.15, 0.2) is 0 Å². The summed E-state index contributed by atoms with van der Waals surface area (Å²) in [5, 5.41) is 3.21. The molecule has 1 aromatic heterocycles. The molecule has 1 aromatic carbocycles. The van der Waals surface area contributed by atoms with Gasteiger partial charge in [0.2, 0.25) is 0 Å². The van der Waals surface area contributed by atoms with Crippen molar-refractivity contribution in [3.63, 3.8) is 0 Å². The van der Waals surface area contributed by atoms with Gasteiger partial charge in [0, 0.05) is 18.9 Å². The molecule has 0 aliphatic rings. The molecule has 1 amide bonds. The van der Waals surface area contributed by atoms with Gasteiger partial charge in [0.05, 0.1) is 17.9 Å². The second-order valence-electron chi connectivity index (χ2n) is 5.49. The molecule has 116 valence electrons. The SMILES string of the molecule is CC(C)COc1cccc(CNc2ccncc2C(N)=O)c1. The summed E-state index contributed by atoms with van der Waals surface area (Å²) in [6, 6.07) is 9.61. The summed E-state index contributed by atoms with van der Waals surface area (Å²) >= 11 is 0. The van der Waals surface area contributed by atoms with Crippen molar-refractivity contribution < 1.29 is 9.53 Å². The Balaban J connectivity index is 2.03. The standard InChI is InChI=1S/C17H21N3O2/c1-12(2)11-22-14-5-3-4-13(8-14)9-20-16-6-7-19-10-15(16)17(18)21/h3-8,10,12H,9,11H2,1-2H3,(H2,18,21)(H,19,20). The number of ether oxygens (including phenoxy) is 1. The highest BCUT2D eigenvalue weighted by molar-refractivity contribution is 5.98. The third kappa shape index (κ3) is 4.48. The van der Waals surface area contributed by atoms with E-state index in [1.54, 1.807) is 12.3 Å². The van der Waals surface area contributed by atoms with Gasteiger partial charge in [-0.15, -0.1) is 0 Å². The highest BCUT2D eigenvalue weighted by Crippen LogP contribution is 2.17. The quantitative estimate of drug-likeness (QED) is 0.824. The van der Waals surface area contributed by atoms with Gasteiger partial charge in [-0.1, -0.05) is 26.0 Å². The number of hydrogen-bond donors (Lipinski definition) is 2. The number of rotatable bonds is 7. The summed E-state index contributed by atoms with van der Waals surface area (Å²) in [6.45, 7) is 5.48. The Bertz CT molecular complexity index is 641. The van der Waals surface area contributed by atoms with Crippen LogP contribution in [0, 0.1) is 5.92 Å². The Morgan fingerprint density at radius 3 is 2.91 bits per heavy atom. The molecular formula is C17H21N3O2. The van der Waals surface area contributed by atoms with E-state index < -0.39 is 5.91 Å². The van der Waals surface area contributed by atoms with Crippen molar-refractivity contribution >= 4 is 11.6 Å². The van der Waals surface area contributed by atoms with E-state index in [2.05, 4.69) is 24.1 Å². The molecule has 0 atom stereocenters. The molecule has 0 unspecified atom stereocenters. The fourth-order valence-corrected chi connectivity index (χ4v) is 1.95. The van der Waals surface area contributed by atoms with Gasteiger partial charge in [-0.25, -0.2) is 0 Å². The summed E-state index contributed by atoms with van der Waals surface area (Å²) in [4.78, 5) is 15.3. The number of amides is 1. The number of benzene rings is 1. The number of anilines is 1. The number of primary amides is 1. The molecule has 2 aromatic rings. The second kappa shape index (κ2) is 7.45. The average Bonchev–Trinajstić information content (AvgIpc) is 2.51. The van der Waals surface area contributed by atoms with E-state index in [0.29, 0.717) is 30.3 Å². The number of carbonyl (C=O) groups is 1. The Kier molecular flexibility index (Phi) is 5.36. The first-order valence-electron chi connectivity index (χ1n) is 7.25. The van der Waals surface area contributed by atoms with E-state index in [1.807, 2.05) is 24.3 Å². The third-order valence-electron chi connectivity index (χ3n) is 3.05. The molecule has 2 rings (SSSR count). The van der Waals surface area contributed by atoms with Gasteiger partial charge >= 0.3 is 0 Å². The van der Waals surface area contributed by atoms with Crippen LogP contribution in [0.3, 0.4) is 0 Å². The maximum atomic E-state index is 11.4. The maximum absolute atomic E-state index is 11.4. The molecule has 1 heterocycles. The van der Waals surface area contributed by atoms with Crippen molar-refractivity contribution in [3.8, 4) is 5.75 Å². The summed E-state index contributed by atoms with van der Waals surface area (Å²) < 4.78 is 5.71. The van der Waals surface area contributed by atoms with Crippen molar-refractivity contribution in [1.82, 2.24) is 4.98 Å². The lowest BCUT2D eigenvalue weighted by molar-refractivity contribution is 0.100. The number of nitrogens with zero attached hydrogens (tertiary/aromatic N) is 1. The van der Waals surface area contributed by atoms with Crippen LogP contribution >= 0.6 is 0 Å². The summed E-state index contributed by atoms with van der Waals surface area (Å²) in [5.74, 6) is 0.833. The predicted molar refractivity (Wildman–Crippen MR) is 86.9 cm³/mol. The van der Waals surface area contributed by atoms with Gasteiger partial charge < -0.3 is 15.8 Å². The molecule has 0 saturated carbocycles. The monoisotopic (exact) mass is 299 g/mol. The van der Waals surface area contributed by atoms with Crippen LogP contribution < -0.4 is 15.8 Å². The van der Waals surface area contributed by atoms with Crippen molar-refractivity contribution in [3.05, 3.63) is 53.9 Å². The minimum Gasteiger partial charge on any atom is -0.493 e. The molecule has 0 spiro atoms. The van der Waals surface area contributed by atoms with Gasteiger partial charge in [0.1, 0.15) is 5.75 Å². The van der Waals surface area contributed by atoms with Crippen LogP contribution in [0.15, 0.2) is 42.7 Å². The van der Waals surface area contributed by atoms with Crippen molar-refractivity contribution in [2.45, 2.75) is 20.4 Å². The molecule has 5 nitrogen and oxygen atoms in total. The maximum Gasteiger partial charge on any atom is 0.252 e. The van der Waals surface area contributed by atoms with Gasteiger partial charge in [-0.2, -0.15) is 0 Å². The van der Waals surface area contributed by atoms with E-state index in [0.717, 1.165) is 11.3 Å². The zero-order valence-electron chi connectivity index (χ0n) is 12.9. The first kappa shape index (κ1) is 15.8. The molecule has 0 radical (unpaired) electrons. The van der Waals surface area contributed by atoms with Crippen LogP contribution in [-0.4, -0.2) is 17.5 Å². The summed E-state index contributed by atoms with van der Waals surface area (Å²) in [5.41, 5.74) is 7.46. The smallest absolute Gasteiger partial charge is 0.252 e. The normalized spacial score (nSPS) is 10.5. The number of pyridine rings is 1. The number of carbonyl (C=O) groups excluding carboxylic acids is 1. The topological polar surface area (TPSA) is 77.2 Å². The van der Waals surface area contributed by atoms with Gasteiger partial charge in [0.25, 0.3) is 5.91 Å². The van der Waals surface area contributed by atoms with Crippen LogP contribution in [-0.2, 0) is 6.54 Å². The van der Waals surface area contributed by atoms with Crippen LogP contribution in [0.2, 0.25) is 0 Å². The highest BCUT2D eigenvalue weighted by atomic mass is 16.5. The molecule has 0 saturated heterocycles. The molecule has 22 heavy (non-hydrogen) atoms. The van der Waals surface area contributed by atoms with Crippen LogP contribution in [0.4, 0.5) is 5.69 Å². The largest absolute Gasteiger partial charge is 0.493 e. The number of nitrogens with one attached hydrogen (secondary N) is 1. The lowest BCUT2D eigenvalue weighted by Crippen LogP contribution is -2.14. The van der Waals surface area contributed by atoms with Crippen LogP contribution in [0.5, 0.6) is 5.75 Å². The third-order valence-corrected chi connectivity index (χ3v) is 3.05. The summed E-state index contributed by atoms with van der Waals surface area (Å²) in [6.07, 6.45) is 3.09. The molecule has 0 fully saturated rings. The second-order valence-corrected chi connectivity index (χ2v) is 5.49. The molecule has 0 aliphatic carbocycles. The van der Waals surface area contributed by atoms with Gasteiger partial charge in [-0.3, -0.25) is 9.78 Å². The fraction of sp³-hybridized carbons (Fsp3) is 0.294. The first-order chi connectivity index (χ1) is 10.6. The Hall–Kier alpha value is -2.56. The lowest BCUT2D eigenvalue weighted by atomic mass is 10.2. The van der Waals surface area contributed by atoms with Crippen molar-refractivity contribution in [2.75, 3.05) is 11.9 Å². The van der Waals surface area contributed by atoms with E-state index in [1.165, 1.54) is 6.20 Å². The molecule has 3 N–H and O–H groups in total. The number of aromatic nitrogens is 1. The Labute approximate surface area is 130 Å². The van der Waals surface area contributed by atoms with E-state index in [-0.39, 0.29) is 0 Å². The van der Waals surface area contributed by atoms with Crippen LogP contribution in [0.1, 0.15) is 29.8 Å². The minimum absolute atomic E-state index is 0.384. The average molecular weight is 299 g/mol. The van der Waals surface area contributed by atoms with E-state index >= 15 is 0 Å². The fourth-order valence-electron chi connectivity index (χ4n) is 1.95. The number of nitrogens with two attached hydrogens (primary N) is 1. The summed E-state index contributed by atoms with van der Waals surface area (Å²) in [7, 11) is 0. The Morgan fingerprint density at radius 1 is 1.36 bits per heavy atom. The molecule has 5 heteroatoms. The van der Waals surface area contributed by atoms with E-state index in [9.17, 15) is 4.79 Å². The molecular weight excluding hydrogens is 278 g/mol. The van der Waals surface area contributed by atoms with E-state index in [4.69, 9.17) is 10.5 Å². The molecule has 0 bridgehead atoms. The van der Waals surface area contributed by atoms with Gasteiger partial charge in [-0.05, 0) is 29.7 Å². The molecule has 0 aliphatic heterocycles. The zero-order valence-corrected chi connectivity index (χ0v) is 12.9. The zero-order chi connectivity index (χ0) is 15.9. The van der Waals surface area contributed by atoms with Crippen LogP contribution in [0.25, 0.3) is 0 Å². The number of hydrogen-bond acceptors (Lipinski definition) is 4. The first-order valence-corrected chi connectivity index (χ1v) is 7.25. The Morgan fingerprint density at radius 2 is 2.18 bits per heavy atom. The highest BCUT2D eigenvalue weighted by Gasteiger charge is 2.07. The predicted octanol–water partition coefficient (Wildman–Crippen LogP) is 2.83. The lowest BCUT2D eigenvalue weighted by Gasteiger charge is -2.12. The van der Waals surface area contributed by atoms with Crippen molar-refractivity contribution in [1.29, 1.82) is 0 Å². The minimum atomic E-state index is -0.496.